The van der Waals surface area contributed by atoms with Crippen molar-refractivity contribution in [2.24, 2.45) is 0 Å². The average Bonchev–Trinajstić information content (AvgIpc) is 3.31. The van der Waals surface area contributed by atoms with Crippen LogP contribution in [0.4, 0.5) is 0 Å². The molecular formula is C51H45N3. The van der Waals surface area contributed by atoms with Crippen molar-refractivity contribution in [1.29, 1.82) is 0 Å². The third-order valence-electron chi connectivity index (χ3n) is 12.0. The summed E-state index contributed by atoms with van der Waals surface area (Å²) in [4.78, 5) is 8.21. The van der Waals surface area contributed by atoms with Crippen LogP contribution in [0.5, 0.6) is 0 Å². The summed E-state index contributed by atoms with van der Waals surface area (Å²) in [7, 11) is 0. The quantitative estimate of drug-likeness (QED) is 0.160. The molecule has 9 aromatic carbocycles. The highest BCUT2D eigenvalue weighted by molar-refractivity contribution is 6.04. The van der Waals surface area contributed by atoms with Gasteiger partial charge in [-0.25, -0.2) is 0 Å². The van der Waals surface area contributed by atoms with Gasteiger partial charge < -0.3 is 0 Å². The fourth-order valence-corrected chi connectivity index (χ4v) is 9.16. The number of fused-ring (bicyclic) bond motifs is 6. The topological polar surface area (TPSA) is 9.72 Å². The van der Waals surface area contributed by atoms with Crippen LogP contribution in [0.25, 0.3) is 64.6 Å². The Bertz CT molecular complexity index is 2320. The summed E-state index contributed by atoms with van der Waals surface area (Å²) < 4.78 is 0. The first-order valence-corrected chi connectivity index (χ1v) is 19.6. The summed E-state index contributed by atoms with van der Waals surface area (Å²) in [5.41, 5.74) is 4.34. The van der Waals surface area contributed by atoms with E-state index in [0.29, 0.717) is 0 Å². The Morgan fingerprint density at radius 1 is 0.259 bits per heavy atom. The molecule has 0 atom stereocenters. The number of rotatable bonds is 6. The lowest BCUT2D eigenvalue weighted by atomic mass is 9.96. The Kier molecular flexibility index (Phi) is 8.77. The maximum Gasteiger partial charge on any atom is 0.0247 e. The lowest BCUT2D eigenvalue weighted by Crippen LogP contribution is -2.35. The number of nitrogens with zero attached hydrogens (tertiary/aromatic N) is 3. The van der Waals surface area contributed by atoms with Crippen molar-refractivity contribution in [2.75, 3.05) is 39.3 Å². The maximum absolute atomic E-state index is 2.74. The van der Waals surface area contributed by atoms with Crippen LogP contribution in [0.15, 0.2) is 164 Å². The summed E-state index contributed by atoms with van der Waals surface area (Å²) in [6, 6.07) is 60.9. The summed E-state index contributed by atoms with van der Waals surface area (Å²) >= 11 is 0. The highest BCUT2D eigenvalue weighted by Gasteiger charge is 2.21. The molecule has 0 saturated carbocycles. The number of hydrogen-bond acceptors (Lipinski definition) is 3. The molecular weight excluding hydrogens is 655 g/mol. The molecule has 0 bridgehead atoms. The van der Waals surface area contributed by atoms with Gasteiger partial charge in [-0.1, -0.05) is 146 Å². The average molecular weight is 700 g/mol. The lowest BCUT2D eigenvalue weighted by Gasteiger charge is -2.27. The van der Waals surface area contributed by atoms with Gasteiger partial charge in [0.25, 0.3) is 0 Å². The summed E-state index contributed by atoms with van der Waals surface area (Å²) in [5, 5.41) is 16.2. The first kappa shape index (κ1) is 33.0. The Hall–Kier alpha value is -5.58. The van der Waals surface area contributed by atoms with E-state index in [1.165, 1.54) is 81.3 Å². The van der Waals surface area contributed by atoms with Crippen molar-refractivity contribution < 1.29 is 0 Å². The van der Waals surface area contributed by atoms with Gasteiger partial charge in [0.15, 0.2) is 0 Å². The second-order valence-corrected chi connectivity index (χ2v) is 15.2. The van der Waals surface area contributed by atoms with Gasteiger partial charge in [-0.15, -0.1) is 0 Å². The fourth-order valence-electron chi connectivity index (χ4n) is 9.16. The fraction of sp³-hybridized carbons (Fsp3) is 0.176. The van der Waals surface area contributed by atoms with Crippen LogP contribution < -0.4 is 0 Å². The van der Waals surface area contributed by atoms with Crippen LogP contribution in [-0.4, -0.2) is 54.0 Å². The molecule has 10 rings (SSSR count). The molecule has 0 N–H and O–H groups in total. The second-order valence-electron chi connectivity index (χ2n) is 15.2. The van der Waals surface area contributed by atoms with Gasteiger partial charge in [0, 0.05) is 58.9 Å². The smallest absolute Gasteiger partial charge is 0.0247 e. The standard InChI is InChI=1S/C51H45N3/c1-7-19-43-37(13-1)31-38-14-2-8-20-44(38)49(43)34-52-25-27-53(35-50-45-21-9-3-15-39(45)32-40-16-4-10-22-46(40)50)29-30-54(28-26-52)36-51-47-23-11-5-17-41(47)33-42-18-6-12-24-48(42)51/h1-24,31-33H,25-30,34-36H2. The molecule has 0 unspecified atom stereocenters. The van der Waals surface area contributed by atoms with E-state index in [0.717, 1.165) is 58.9 Å². The highest BCUT2D eigenvalue weighted by Crippen LogP contribution is 2.33. The zero-order valence-electron chi connectivity index (χ0n) is 30.8. The minimum Gasteiger partial charge on any atom is -0.296 e. The monoisotopic (exact) mass is 699 g/mol. The van der Waals surface area contributed by atoms with Crippen molar-refractivity contribution in [1.82, 2.24) is 14.7 Å². The van der Waals surface area contributed by atoms with Gasteiger partial charge in [0.2, 0.25) is 0 Å². The van der Waals surface area contributed by atoms with Gasteiger partial charge in [-0.05, 0) is 99.5 Å². The van der Waals surface area contributed by atoms with Crippen molar-refractivity contribution in [2.45, 2.75) is 19.6 Å². The van der Waals surface area contributed by atoms with E-state index in [-0.39, 0.29) is 0 Å². The predicted molar refractivity (Wildman–Crippen MR) is 230 cm³/mol. The van der Waals surface area contributed by atoms with E-state index in [1.807, 2.05) is 0 Å². The normalized spacial score (nSPS) is 15.3. The molecule has 1 saturated heterocycles. The van der Waals surface area contributed by atoms with E-state index in [4.69, 9.17) is 0 Å². The molecule has 54 heavy (non-hydrogen) atoms. The Morgan fingerprint density at radius 2 is 0.444 bits per heavy atom. The molecule has 1 fully saturated rings. The lowest BCUT2D eigenvalue weighted by molar-refractivity contribution is 0.211. The van der Waals surface area contributed by atoms with E-state index >= 15 is 0 Å². The summed E-state index contributed by atoms with van der Waals surface area (Å²) in [6.07, 6.45) is 0. The molecule has 0 aliphatic carbocycles. The Balaban J connectivity index is 1.04. The molecule has 1 aliphatic heterocycles. The molecule has 264 valence electrons. The van der Waals surface area contributed by atoms with Crippen molar-refractivity contribution in [3.8, 4) is 0 Å². The van der Waals surface area contributed by atoms with Gasteiger partial charge in [0.1, 0.15) is 0 Å². The van der Waals surface area contributed by atoms with E-state index in [2.05, 4.69) is 178 Å². The van der Waals surface area contributed by atoms with Crippen molar-refractivity contribution in [3.05, 3.63) is 180 Å². The minimum absolute atomic E-state index is 0.929. The molecule has 0 radical (unpaired) electrons. The molecule has 3 nitrogen and oxygen atoms in total. The highest BCUT2D eigenvalue weighted by atomic mass is 15.3. The van der Waals surface area contributed by atoms with E-state index < -0.39 is 0 Å². The largest absolute Gasteiger partial charge is 0.296 e. The molecule has 3 heteroatoms. The van der Waals surface area contributed by atoms with E-state index in [9.17, 15) is 0 Å². The summed E-state index contributed by atoms with van der Waals surface area (Å²) in [5.74, 6) is 0. The van der Waals surface area contributed by atoms with Crippen LogP contribution in [0, 0.1) is 0 Å². The second kappa shape index (κ2) is 14.3. The van der Waals surface area contributed by atoms with Crippen LogP contribution in [0.1, 0.15) is 16.7 Å². The van der Waals surface area contributed by atoms with Gasteiger partial charge in [-0.2, -0.15) is 0 Å². The SMILES string of the molecule is c1ccc2c(CN3CCN(Cc4c5ccccc5cc5ccccc45)CCN(Cc4c5ccccc5cc5ccccc45)CC3)c3ccccc3cc2c1. The number of benzene rings is 9. The van der Waals surface area contributed by atoms with Crippen LogP contribution >= 0.6 is 0 Å². The van der Waals surface area contributed by atoms with Crippen LogP contribution in [0.2, 0.25) is 0 Å². The predicted octanol–water partition coefficient (Wildman–Crippen LogP) is 11.4. The molecule has 0 spiro atoms. The first-order valence-electron chi connectivity index (χ1n) is 19.6. The Morgan fingerprint density at radius 3 is 0.648 bits per heavy atom. The Labute approximate surface area is 317 Å². The molecule has 0 aromatic heterocycles. The zero-order chi connectivity index (χ0) is 35.8. The zero-order valence-corrected chi connectivity index (χ0v) is 30.8. The molecule has 0 amide bonds. The first-order chi connectivity index (χ1) is 26.7. The van der Waals surface area contributed by atoms with Crippen LogP contribution in [-0.2, 0) is 19.6 Å². The van der Waals surface area contributed by atoms with E-state index in [1.54, 1.807) is 0 Å². The minimum atomic E-state index is 0.929. The van der Waals surface area contributed by atoms with Crippen molar-refractivity contribution >= 4 is 64.6 Å². The van der Waals surface area contributed by atoms with Crippen LogP contribution in [0.3, 0.4) is 0 Å². The third-order valence-corrected chi connectivity index (χ3v) is 12.0. The van der Waals surface area contributed by atoms with Gasteiger partial charge >= 0.3 is 0 Å². The maximum atomic E-state index is 2.74. The van der Waals surface area contributed by atoms with Gasteiger partial charge in [0.05, 0.1) is 0 Å². The summed E-state index contributed by atoms with van der Waals surface area (Å²) in [6.45, 7) is 8.90. The number of hydrogen-bond donors (Lipinski definition) is 0. The third kappa shape index (κ3) is 6.29. The molecule has 1 aliphatic rings. The van der Waals surface area contributed by atoms with Crippen molar-refractivity contribution in [3.63, 3.8) is 0 Å². The molecule has 1 heterocycles. The van der Waals surface area contributed by atoms with Gasteiger partial charge in [-0.3, -0.25) is 14.7 Å². The molecule has 9 aromatic rings.